The number of carbonyl (C=O) groups is 3. The zero-order valence-electron chi connectivity index (χ0n) is 17.7. The summed E-state index contributed by atoms with van der Waals surface area (Å²) in [5.74, 6) is -1.50. The Morgan fingerprint density at radius 3 is 2.34 bits per heavy atom. The van der Waals surface area contributed by atoms with E-state index in [1.165, 1.54) is 0 Å². The number of alkyl carbamates (subject to hydrolysis) is 1. The standard InChI is InChI=1S/C24H26N2O6/c1-14(12-21(27)28)25-23(29)22-20(10-11-31-22)26-24(30)32-13-19-17-8-4-2-6-15(17)16-7-3-5-9-18(16)19/h2-9,14,19-20,22H,10-13H2,1H3,(H,25,29)(H,26,30)(H,27,28). The average Bonchev–Trinajstić information content (AvgIpc) is 3.34. The van der Waals surface area contributed by atoms with Gasteiger partial charge in [-0.2, -0.15) is 0 Å². The van der Waals surface area contributed by atoms with E-state index in [1.54, 1.807) is 6.92 Å². The number of hydrogen-bond acceptors (Lipinski definition) is 5. The van der Waals surface area contributed by atoms with Gasteiger partial charge < -0.3 is 25.2 Å². The molecule has 0 saturated carbocycles. The van der Waals surface area contributed by atoms with Crippen LogP contribution in [0, 0.1) is 0 Å². The van der Waals surface area contributed by atoms with Crippen LogP contribution in [0.3, 0.4) is 0 Å². The lowest BCUT2D eigenvalue weighted by molar-refractivity contribution is -0.138. The molecule has 3 N–H and O–H groups in total. The number of carboxylic acid groups (broad SMARTS) is 1. The highest BCUT2D eigenvalue weighted by Crippen LogP contribution is 2.44. The van der Waals surface area contributed by atoms with Gasteiger partial charge in [-0.05, 0) is 35.6 Å². The minimum Gasteiger partial charge on any atom is -0.481 e. The van der Waals surface area contributed by atoms with Gasteiger partial charge in [0.15, 0.2) is 6.10 Å². The Morgan fingerprint density at radius 1 is 1.09 bits per heavy atom. The first kappa shape index (κ1) is 21.8. The fourth-order valence-electron chi connectivity index (χ4n) is 4.43. The summed E-state index contributed by atoms with van der Waals surface area (Å²) in [5, 5.41) is 14.2. The van der Waals surface area contributed by atoms with E-state index in [0.29, 0.717) is 13.0 Å². The number of rotatable bonds is 7. The van der Waals surface area contributed by atoms with E-state index in [-0.39, 0.29) is 18.9 Å². The number of benzene rings is 2. The predicted octanol–water partition coefficient (Wildman–Crippen LogP) is 2.66. The quantitative estimate of drug-likeness (QED) is 0.612. The Hall–Kier alpha value is -3.39. The van der Waals surface area contributed by atoms with Crippen molar-refractivity contribution in [2.45, 2.75) is 43.9 Å². The summed E-state index contributed by atoms with van der Waals surface area (Å²) in [6.07, 6.45) is -1.22. The van der Waals surface area contributed by atoms with Gasteiger partial charge in [0.1, 0.15) is 6.61 Å². The van der Waals surface area contributed by atoms with Crippen LogP contribution in [0.5, 0.6) is 0 Å². The van der Waals surface area contributed by atoms with E-state index in [2.05, 4.69) is 22.8 Å². The number of ether oxygens (including phenoxy) is 2. The van der Waals surface area contributed by atoms with Crippen molar-refractivity contribution in [1.82, 2.24) is 10.6 Å². The maximum Gasteiger partial charge on any atom is 0.407 e. The lowest BCUT2D eigenvalue weighted by Crippen LogP contribution is -2.50. The lowest BCUT2D eigenvalue weighted by atomic mass is 9.98. The van der Waals surface area contributed by atoms with Crippen molar-refractivity contribution in [1.29, 1.82) is 0 Å². The highest BCUT2D eigenvalue weighted by molar-refractivity contribution is 5.84. The zero-order chi connectivity index (χ0) is 22.7. The molecule has 1 heterocycles. The number of carboxylic acids is 1. The van der Waals surface area contributed by atoms with Crippen LogP contribution < -0.4 is 10.6 Å². The van der Waals surface area contributed by atoms with Gasteiger partial charge in [-0.25, -0.2) is 4.79 Å². The Labute approximate surface area is 185 Å². The largest absolute Gasteiger partial charge is 0.481 e. The van der Waals surface area contributed by atoms with Crippen molar-refractivity contribution in [3.63, 3.8) is 0 Å². The Bertz CT molecular complexity index is 978. The zero-order valence-corrected chi connectivity index (χ0v) is 17.7. The molecule has 168 valence electrons. The second kappa shape index (κ2) is 9.40. The van der Waals surface area contributed by atoms with Crippen LogP contribution in [0.1, 0.15) is 36.8 Å². The molecule has 1 aliphatic carbocycles. The normalized spacial score (nSPS) is 20.2. The summed E-state index contributed by atoms with van der Waals surface area (Å²) in [6, 6.07) is 15.1. The summed E-state index contributed by atoms with van der Waals surface area (Å²) in [6.45, 7) is 2.11. The Kier molecular flexibility index (Phi) is 6.41. The van der Waals surface area contributed by atoms with Gasteiger partial charge in [0.2, 0.25) is 0 Å². The van der Waals surface area contributed by atoms with Crippen molar-refractivity contribution in [2.24, 2.45) is 0 Å². The third-order valence-electron chi connectivity index (χ3n) is 5.87. The summed E-state index contributed by atoms with van der Waals surface area (Å²) in [4.78, 5) is 35.8. The van der Waals surface area contributed by atoms with Gasteiger partial charge in [0.25, 0.3) is 5.91 Å². The molecule has 32 heavy (non-hydrogen) atoms. The smallest absolute Gasteiger partial charge is 0.407 e. The number of fused-ring (bicyclic) bond motifs is 3. The van der Waals surface area contributed by atoms with Crippen molar-refractivity contribution >= 4 is 18.0 Å². The molecule has 1 fully saturated rings. The predicted molar refractivity (Wildman–Crippen MR) is 116 cm³/mol. The number of carbonyl (C=O) groups excluding carboxylic acids is 2. The molecule has 2 aromatic rings. The minimum atomic E-state index is -1.00. The monoisotopic (exact) mass is 438 g/mol. The van der Waals surface area contributed by atoms with Crippen LogP contribution in [0.25, 0.3) is 11.1 Å². The average molecular weight is 438 g/mol. The third-order valence-corrected chi connectivity index (χ3v) is 5.87. The van der Waals surface area contributed by atoms with E-state index in [4.69, 9.17) is 14.6 Å². The maximum atomic E-state index is 12.5. The molecule has 1 saturated heterocycles. The maximum absolute atomic E-state index is 12.5. The second-order valence-electron chi connectivity index (χ2n) is 8.16. The minimum absolute atomic E-state index is 0.0519. The van der Waals surface area contributed by atoms with Crippen LogP contribution in [0.2, 0.25) is 0 Å². The summed E-state index contributed by atoms with van der Waals surface area (Å²) in [5.41, 5.74) is 4.53. The van der Waals surface area contributed by atoms with E-state index in [9.17, 15) is 14.4 Å². The molecular weight excluding hydrogens is 412 g/mol. The number of hydrogen-bond donors (Lipinski definition) is 3. The fourth-order valence-corrected chi connectivity index (χ4v) is 4.43. The summed E-state index contributed by atoms with van der Waals surface area (Å²) < 4.78 is 11.0. The second-order valence-corrected chi connectivity index (χ2v) is 8.16. The Balaban J connectivity index is 1.35. The third kappa shape index (κ3) is 4.60. The van der Waals surface area contributed by atoms with Crippen molar-refractivity contribution in [2.75, 3.05) is 13.2 Å². The van der Waals surface area contributed by atoms with Gasteiger partial charge >= 0.3 is 12.1 Å². The van der Waals surface area contributed by atoms with Crippen molar-refractivity contribution < 1.29 is 29.0 Å². The van der Waals surface area contributed by atoms with E-state index in [0.717, 1.165) is 22.3 Å². The fraction of sp³-hybridized carbons (Fsp3) is 0.375. The summed E-state index contributed by atoms with van der Waals surface area (Å²) in [7, 11) is 0. The molecule has 0 spiro atoms. The molecular formula is C24H26N2O6. The molecule has 8 heteroatoms. The molecule has 2 amide bonds. The van der Waals surface area contributed by atoms with E-state index in [1.807, 2.05) is 36.4 Å². The Morgan fingerprint density at radius 2 is 1.72 bits per heavy atom. The molecule has 2 aromatic carbocycles. The molecule has 3 atom stereocenters. The van der Waals surface area contributed by atoms with Crippen LogP contribution in [-0.4, -0.2) is 54.5 Å². The van der Waals surface area contributed by atoms with Crippen molar-refractivity contribution in [3.8, 4) is 11.1 Å². The molecule has 8 nitrogen and oxygen atoms in total. The molecule has 1 aliphatic heterocycles. The van der Waals surface area contributed by atoms with Crippen LogP contribution in [-0.2, 0) is 19.1 Å². The molecule has 4 rings (SSSR count). The topological polar surface area (TPSA) is 114 Å². The molecule has 0 aromatic heterocycles. The van der Waals surface area contributed by atoms with E-state index >= 15 is 0 Å². The first-order chi connectivity index (χ1) is 15.4. The van der Waals surface area contributed by atoms with Crippen LogP contribution >= 0.6 is 0 Å². The summed E-state index contributed by atoms with van der Waals surface area (Å²) >= 11 is 0. The number of nitrogens with one attached hydrogen (secondary N) is 2. The van der Waals surface area contributed by atoms with Crippen LogP contribution in [0.15, 0.2) is 48.5 Å². The SMILES string of the molecule is CC(CC(=O)O)NC(=O)C1OCCC1NC(=O)OCC1c2ccccc2-c2ccccc21. The van der Waals surface area contributed by atoms with Gasteiger partial charge in [-0.3, -0.25) is 9.59 Å². The highest BCUT2D eigenvalue weighted by Gasteiger charge is 2.36. The first-order valence-electron chi connectivity index (χ1n) is 10.7. The number of aliphatic carboxylic acids is 1. The van der Waals surface area contributed by atoms with Crippen molar-refractivity contribution in [3.05, 3.63) is 59.7 Å². The van der Waals surface area contributed by atoms with Gasteiger partial charge in [0.05, 0.1) is 12.5 Å². The van der Waals surface area contributed by atoms with Gasteiger partial charge in [-0.1, -0.05) is 48.5 Å². The lowest BCUT2D eigenvalue weighted by Gasteiger charge is -2.21. The molecule has 0 radical (unpaired) electrons. The number of amides is 2. The molecule has 3 unspecified atom stereocenters. The van der Waals surface area contributed by atoms with Gasteiger partial charge in [-0.15, -0.1) is 0 Å². The van der Waals surface area contributed by atoms with E-state index < -0.39 is 36.2 Å². The van der Waals surface area contributed by atoms with Crippen LogP contribution in [0.4, 0.5) is 4.79 Å². The first-order valence-corrected chi connectivity index (χ1v) is 10.7. The highest BCUT2D eigenvalue weighted by atomic mass is 16.6. The molecule has 2 aliphatic rings. The molecule has 0 bridgehead atoms. The van der Waals surface area contributed by atoms with Gasteiger partial charge in [0, 0.05) is 18.6 Å².